The lowest BCUT2D eigenvalue weighted by atomic mass is 9.98. The second kappa shape index (κ2) is 12.2. The number of rotatable bonds is 6. The van der Waals surface area contributed by atoms with Crippen LogP contribution in [0.1, 0.15) is 15.1 Å². The maximum Gasteiger partial charge on any atom is 0.164 e. The molecule has 0 saturated carbocycles. The average molecular weight is 639 g/mol. The van der Waals surface area contributed by atoms with Crippen LogP contribution in [0.4, 0.5) is 0 Å². The Morgan fingerprint density at radius 2 is 0.857 bits per heavy atom. The molecular formula is C45H29N3O. The third-order valence-corrected chi connectivity index (χ3v) is 8.17. The number of aromatic nitrogens is 3. The van der Waals surface area contributed by atoms with Gasteiger partial charge in [-0.1, -0.05) is 158 Å². The summed E-state index contributed by atoms with van der Waals surface area (Å²) < 4.78 is 102. The molecule has 0 spiro atoms. The van der Waals surface area contributed by atoms with E-state index in [1.165, 1.54) is 0 Å². The quantitative estimate of drug-likeness (QED) is 0.182. The molecule has 0 amide bonds. The summed E-state index contributed by atoms with van der Waals surface area (Å²) in [6.07, 6.45) is 0. The summed E-state index contributed by atoms with van der Waals surface area (Å²) in [7, 11) is 0. The van der Waals surface area contributed by atoms with E-state index in [-0.39, 0.29) is 50.5 Å². The van der Waals surface area contributed by atoms with Crippen LogP contribution < -0.4 is 0 Å². The standard InChI is InChI=1S/C45H29N3O/c1-4-12-30(13-5-1)31-20-22-32(23-21-31)33-24-26-36(27-25-33)44-46-43(35-16-8-3-9-17-35)47-45(48-44)37-28-39(34-14-6-2-7-15-34)42-40(29-37)38-18-10-11-19-41(38)49-42/h1-29H/i2D,6D,7D,10D,11D,14D,15D,18D,19D,28D,29D. The van der Waals surface area contributed by atoms with E-state index >= 15 is 0 Å². The number of nitrogens with zero attached hydrogens (tertiary/aromatic N) is 3. The van der Waals surface area contributed by atoms with Crippen molar-refractivity contribution in [3.05, 3.63) is 176 Å². The van der Waals surface area contributed by atoms with Gasteiger partial charge in [0.1, 0.15) is 11.2 Å². The van der Waals surface area contributed by atoms with E-state index in [2.05, 4.69) is 24.3 Å². The van der Waals surface area contributed by atoms with Gasteiger partial charge in [0.25, 0.3) is 0 Å². The molecule has 2 aromatic heterocycles. The zero-order valence-electron chi connectivity index (χ0n) is 36.6. The van der Waals surface area contributed by atoms with Crippen molar-refractivity contribution in [3.63, 3.8) is 0 Å². The molecule has 0 unspecified atom stereocenters. The van der Waals surface area contributed by atoms with Crippen LogP contribution in [0.25, 0.3) is 89.5 Å². The smallest absolute Gasteiger partial charge is 0.164 e. The van der Waals surface area contributed by atoms with Crippen LogP contribution in [-0.2, 0) is 0 Å². The largest absolute Gasteiger partial charge is 0.455 e. The van der Waals surface area contributed by atoms with Crippen molar-refractivity contribution in [1.82, 2.24) is 15.0 Å². The molecule has 49 heavy (non-hydrogen) atoms. The summed E-state index contributed by atoms with van der Waals surface area (Å²) in [5.41, 5.74) is 3.64. The molecule has 0 aliphatic rings. The number of hydrogen-bond donors (Lipinski definition) is 0. The highest BCUT2D eigenvalue weighted by Gasteiger charge is 2.18. The maximum atomic E-state index is 9.66. The van der Waals surface area contributed by atoms with Crippen LogP contribution in [0.3, 0.4) is 0 Å². The SMILES string of the molecule is [2H]c1c([2H])c([2H])c(-c2c([2H])c(-c3nc(-c4ccccc4)nc(-c4ccc(-c5ccc(-c6ccccc6)cc5)cc4)n3)c([2H])c3c2oc2c([2H])c([2H])c([2H])c([2H])c23)c([2H])c1[2H]. The Morgan fingerprint density at radius 1 is 0.388 bits per heavy atom. The van der Waals surface area contributed by atoms with E-state index in [4.69, 9.17) is 31.7 Å². The lowest BCUT2D eigenvalue weighted by Crippen LogP contribution is -2.00. The molecule has 0 N–H and O–H groups in total. The van der Waals surface area contributed by atoms with E-state index in [0.717, 1.165) is 22.3 Å². The summed E-state index contributed by atoms with van der Waals surface area (Å²) in [4.78, 5) is 14.4. The van der Waals surface area contributed by atoms with Gasteiger partial charge in [0.2, 0.25) is 0 Å². The molecule has 0 bridgehead atoms. The van der Waals surface area contributed by atoms with Crippen molar-refractivity contribution in [1.29, 1.82) is 0 Å². The minimum atomic E-state index is -0.681. The number of hydrogen-bond acceptors (Lipinski definition) is 4. The van der Waals surface area contributed by atoms with Gasteiger partial charge in [-0.05, 0) is 45.9 Å². The van der Waals surface area contributed by atoms with Crippen LogP contribution in [0.5, 0.6) is 0 Å². The number of benzene rings is 7. The molecule has 0 aliphatic carbocycles. The Kier molecular flexibility index (Phi) is 4.78. The highest BCUT2D eigenvalue weighted by atomic mass is 16.3. The topological polar surface area (TPSA) is 51.8 Å². The molecule has 2 heterocycles. The van der Waals surface area contributed by atoms with Gasteiger partial charge >= 0.3 is 0 Å². The fourth-order valence-electron chi connectivity index (χ4n) is 5.75. The Hall–Kier alpha value is -6.65. The molecule has 0 fully saturated rings. The van der Waals surface area contributed by atoms with Gasteiger partial charge in [0.15, 0.2) is 17.5 Å². The predicted molar refractivity (Wildman–Crippen MR) is 200 cm³/mol. The van der Waals surface area contributed by atoms with E-state index in [9.17, 15) is 2.74 Å². The lowest BCUT2D eigenvalue weighted by Gasteiger charge is -2.11. The summed E-state index contributed by atoms with van der Waals surface area (Å²) in [5.74, 6) is 0.214. The van der Waals surface area contributed by atoms with Crippen molar-refractivity contribution >= 4 is 21.9 Å². The zero-order chi connectivity index (χ0) is 42.1. The minimum absolute atomic E-state index is 0.167. The first-order chi connectivity index (χ1) is 28.8. The molecule has 0 aliphatic heterocycles. The van der Waals surface area contributed by atoms with Crippen LogP contribution >= 0.6 is 0 Å². The van der Waals surface area contributed by atoms with E-state index < -0.39 is 72.0 Å². The average Bonchev–Trinajstić information content (AvgIpc) is 3.69. The first-order valence-electron chi connectivity index (χ1n) is 21.0. The second-order valence-corrected chi connectivity index (χ2v) is 11.2. The number of fused-ring (bicyclic) bond motifs is 3. The molecule has 0 radical (unpaired) electrons. The third-order valence-electron chi connectivity index (χ3n) is 8.17. The van der Waals surface area contributed by atoms with E-state index in [1.807, 2.05) is 60.7 Å². The Morgan fingerprint density at radius 3 is 1.47 bits per heavy atom. The molecular weight excluding hydrogens is 599 g/mol. The van der Waals surface area contributed by atoms with Gasteiger partial charge in [0, 0.05) is 33.0 Å². The highest BCUT2D eigenvalue weighted by molar-refractivity contribution is 6.11. The summed E-state index contributed by atoms with van der Waals surface area (Å²) in [5, 5.41) is -0.350. The molecule has 9 aromatic rings. The van der Waals surface area contributed by atoms with Crippen LogP contribution in [0.2, 0.25) is 0 Å². The van der Waals surface area contributed by atoms with Gasteiger partial charge < -0.3 is 4.42 Å². The van der Waals surface area contributed by atoms with Crippen LogP contribution in [0, 0.1) is 0 Å². The van der Waals surface area contributed by atoms with Crippen molar-refractivity contribution in [2.24, 2.45) is 0 Å². The first kappa shape index (κ1) is 19.2. The fourth-order valence-corrected chi connectivity index (χ4v) is 5.75. The van der Waals surface area contributed by atoms with Crippen molar-refractivity contribution in [2.75, 3.05) is 0 Å². The molecule has 0 atom stereocenters. The molecule has 4 nitrogen and oxygen atoms in total. The lowest BCUT2D eigenvalue weighted by molar-refractivity contribution is 0.670. The molecule has 7 aromatic carbocycles. The molecule has 0 saturated heterocycles. The Labute approximate surface area is 299 Å². The molecule has 9 rings (SSSR count). The second-order valence-electron chi connectivity index (χ2n) is 11.2. The van der Waals surface area contributed by atoms with E-state index in [0.29, 0.717) is 11.1 Å². The van der Waals surface area contributed by atoms with Crippen molar-refractivity contribution in [2.45, 2.75) is 0 Å². The third kappa shape index (κ3) is 5.45. The fraction of sp³-hybridized carbons (Fsp3) is 0. The monoisotopic (exact) mass is 638 g/mol. The van der Waals surface area contributed by atoms with Gasteiger partial charge in [-0.15, -0.1) is 0 Å². The summed E-state index contributed by atoms with van der Waals surface area (Å²) >= 11 is 0. The zero-order valence-corrected chi connectivity index (χ0v) is 25.6. The van der Waals surface area contributed by atoms with Gasteiger partial charge in [-0.25, -0.2) is 15.0 Å². The minimum Gasteiger partial charge on any atom is -0.455 e. The van der Waals surface area contributed by atoms with Crippen molar-refractivity contribution in [3.8, 4) is 67.5 Å². The first-order valence-corrected chi connectivity index (χ1v) is 15.5. The van der Waals surface area contributed by atoms with Crippen LogP contribution in [-0.4, -0.2) is 15.0 Å². The number of furan rings is 1. The van der Waals surface area contributed by atoms with Crippen molar-refractivity contribution < 1.29 is 19.5 Å². The highest BCUT2D eigenvalue weighted by Crippen LogP contribution is 2.39. The number of para-hydroxylation sites is 1. The van der Waals surface area contributed by atoms with E-state index in [1.54, 1.807) is 24.3 Å². The molecule has 230 valence electrons. The van der Waals surface area contributed by atoms with Gasteiger partial charge in [0.05, 0.1) is 15.1 Å². The maximum absolute atomic E-state index is 9.66. The predicted octanol–water partition coefficient (Wildman–Crippen LogP) is 11.8. The Bertz CT molecular complexity index is 3170. The molecule has 4 heteroatoms. The Balaban J connectivity index is 1.30. The summed E-state index contributed by atoms with van der Waals surface area (Å²) in [6, 6.07) is 28.3. The summed E-state index contributed by atoms with van der Waals surface area (Å²) in [6.45, 7) is 0. The van der Waals surface area contributed by atoms with Crippen LogP contribution in [0.15, 0.2) is 180 Å². The van der Waals surface area contributed by atoms with Gasteiger partial charge in [-0.3, -0.25) is 0 Å². The van der Waals surface area contributed by atoms with Gasteiger partial charge in [-0.2, -0.15) is 0 Å². The normalized spacial score (nSPS) is 14.4.